The Hall–Kier alpha value is -1.63. The highest BCUT2D eigenvalue weighted by Gasteiger charge is 2.28. The second-order valence-electron chi connectivity index (χ2n) is 5.83. The summed E-state index contributed by atoms with van der Waals surface area (Å²) in [4.78, 5) is 14.9. The van der Waals surface area contributed by atoms with Crippen LogP contribution in [0, 0.1) is 5.92 Å². The van der Waals surface area contributed by atoms with Gasteiger partial charge in [-0.05, 0) is 24.1 Å². The van der Waals surface area contributed by atoms with Gasteiger partial charge in [0, 0.05) is 38.7 Å². The summed E-state index contributed by atoms with van der Waals surface area (Å²) < 4.78 is 10.3. The number of hydrogen-bond donors (Lipinski definition) is 2. The van der Waals surface area contributed by atoms with Gasteiger partial charge in [0.2, 0.25) is 5.91 Å². The minimum Gasteiger partial charge on any atom is -0.399 e. The Balaban J connectivity index is 2.85. The fourth-order valence-electron chi connectivity index (χ4n) is 2.53. The van der Waals surface area contributed by atoms with Gasteiger partial charge < -0.3 is 20.5 Å². The summed E-state index contributed by atoms with van der Waals surface area (Å²) in [6.07, 6.45) is 0. The lowest BCUT2D eigenvalue weighted by Crippen LogP contribution is -2.49. The highest BCUT2D eigenvalue weighted by molar-refractivity contribution is 5.95. The number of amides is 1. The standard InChI is InChI=1S/C17H29N3O3/c1-13(2)16(20(8-10-22-3)9-11-23-4)17(21)19-15-7-5-6-14(18)12-15/h5-7,12-13,16H,8-11,18H2,1-4H3,(H,19,21). The zero-order valence-corrected chi connectivity index (χ0v) is 14.5. The van der Waals surface area contributed by atoms with Crippen LogP contribution in [0.1, 0.15) is 13.8 Å². The summed E-state index contributed by atoms with van der Waals surface area (Å²) in [7, 11) is 3.32. The topological polar surface area (TPSA) is 76.8 Å². The van der Waals surface area contributed by atoms with E-state index in [1.165, 1.54) is 0 Å². The molecule has 1 atom stereocenters. The Bertz CT molecular complexity index is 472. The van der Waals surface area contributed by atoms with Crippen LogP contribution in [-0.2, 0) is 14.3 Å². The van der Waals surface area contributed by atoms with Gasteiger partial charge in [-0.15, -0.1) is 0 Å². The van der Waals surface area contributed by atoms with E-state index >= 15 is 0 Å². The molecule has 23 heavy (non-hydrogen) atoms. The number of nitrogens with one attached hydrogen (secondary N) is 1. The Kier molecular flexibility index (Phi) is 8.61. The molecule has 0 saturated heterocycles. The number of nitrogen functional groups attached to an aromatic ring is 1. The molecule has 0 fully saturated rings. The maximum absolute atomic E-state index is 12.8. The van der Waals surface area contributed by atoms with Crippen LogP contribution in [0.15, 0.2) is 24.3 Å². The first-order valence-corrected chi connectivity index (χ1v) is 7.88. The zero-order valence-electron chi connectivity index (χ0n) is 14.5. The molecule has 0 saturated carbocycles. The summed E-state index contributed by atoms with van der Waals surface area (Å²) in [6, 6.07) is 6.94. The van der Waals surface area contributed by atoms with E-state index in [4.69, 9.17) is 15.2 Å². The van der Waals surface area contributed by atoms with Gasteiger partial charge in [0.05, 0.1) is 19.3 Å². The molecule has 3 N–H and O–H groups in total. The Morgan fingerprint density at radius 2 is 1.83 bits per heavy atom. The van der Waals surface area contributed by atoms with E-state index in [0.717, 1.165) is 0 Å². The van der Waals surface area contributed by atoms with Crippen molar-refractivity contribution in [2.24, 2.45) is 5.92 Å². The second kappa shape index (κ2) is 10.2. The third kappa shape index (κ3) is 6.56. The third-order valence-corrected chi connectivity index (χ3v) is 3.61. The van der Waals surface area contributed by atoms with Crippen LogP contribution in [0.25, 0.3) is 0 Å². The van der Waals surface area contributed by atoms with E-state index in [9.17, 15) is 4.79 Å². The molecule has 1 aromatic rings. The van der Waals surface area contributed by atoms with Crippen LogP contribution >= 0.6 is 0 Å². The number of rotatable bonds is 10. The van der Waals surface area contributed by atoms with E-state index in [1.807, 2.05) is 26.0 Å². The van der Waals surface area contributed by atoms with E-state index in [2.05, 4.69) is 10.2 Å². The highest BCUT2D eigenvalue weighted by atomic mass is 16.5. The van der Waals surface area contributed by atoms with Gasteiger partial charge in [0.1, 0.15) is 0 Å². The third-order valence-electron chi connectivity index (χ3n) is 3.61. The molecule has 6 heteroatoms. The molecule has 0 aromatic heterocycles. The van der Waals surface area contributed by atoms with Crippen molar-refractivity contribution >= 4 is 17.3 Å². The molecular formula is C17H29N3O3. The van der Waals surface area contributed by atoms with Crippen molar-refractivity contribution in [3.05, 3.63) is 24.3 Å². The van der Waals surface area contributed by atoms with Crippen molar-refractivity contribution in [3.8, 4) is 0 Å². The summed E-state index contributed by atoms with van der Waals surface area (Å²) in [5, 5.41) is 2.96. The second-order valence-corrected chi connectivity index (χ2v) is 5.83. The SMILES string of the molecule is COCCN(CCOC)C(C(=O)Nc1cccc(N)c1)C(C)C. The Morgan fingerprint density at radius 3 is 2.30 bits per heavy atom. The number of carbonyl (C=O) groups is 1. The summed E-state index contributed by atoms with van der Waals surface area (Å²) in [5.41, 5.74) is 7.10. The van der Waals surface area contributed by atoms with E-state index in [-0.39, 0.29) is 17.9 Å². The molecule has 0 spiro atoms. The van der Waals surface area contributed by atoms with Gasteiger partial charge in [-0.2, -0.15) is 0 Å². The first-order chi connectivity index (χ1) is 11.0. The molecule has 1 aromatic carbocycles. The van der Waals surface area contributed by atoms with Gasteiger partial charge >= 0.3 is 0 Å². The minimum atomic E-state index is -0.262. The minimum absolute atomic E-state index is 0.0437. The molecule has 0 bridgehead atoms. The molecule has 1 rings (SSSR count). The van der Waals surface area contributed by atoms with E-state index < -0.39 is 0 Å². The lowest BCUT2D eigenvalue weighted by molar-refractivity contribution is -0.123. The molecule has 0 aliphatic heterocycles. The van der Waals surface area contributed by atoms with Crippen LogP contribution in [0.2, 0.25) is 0 Å². The van der Waals surface area contributed by atoms with Crippen molar-refractivity contribution < 1.29 is 14.3 Å². The summed E-state index contributed by atoms with van der Waals surface area (Å²) in [5.74, 6) is 0.113. The quantitative estimate of drug-likeness (QED) is 0.642. The Labute approximate surface area is 138 Å². The first kappa shape index (κ1) is 19.4. The van der Waals surface area contributed by atoms with Crippen molar-refractivity contribution in [1.82, 2.24) is 4.90 Å². The predicted molar refractivity (Wildman–Crippen MR) is 93.4 cm³/mol. The lowest BCUT2D eigenvalue weighted by Gasteiger charge is -2.33. The van der Waals surface area contributed by atoms with Crippen molar-refractivity contribution in [1.29, 1.82) is 0 Å². The molecule has 1 unspecified atom stereocenters. The number of nitrogens with two attached hydrogens (primary N) is 1. The van der Waals surface area contributed by atoms with Crippen LogP contribution in [0.5, 0.6) is 0 Å². The number of ether oxygens (including phenoxy) is 2. The number of benzene rings is 1. The monoisotopic (exact) mass is 323 g/mol. The Morgan fingerprint density at radius 1 is 1.22 bits per heavy atom. The van der Waals surface area contributed by atoms with Gasteiger partial charge in [-0.3, -0.25) is 9.69 Å². The fourth-order valence-corrected chi connectivity index (χ4v) is 2.53. The van der Waals surface area contributed by atoms with Crippen LogP contribution in [0.4, 0.5) is 11.4 Å². The van der Waals surface area contributed by atoms with Gasteiger partial charge in [-0.25, -0.2) is 0 Å². The predicted octanol–water partition coefficient (Wildman–Crippen LogP) is 1.83. The number of nitrogens with zero attached hydrogens (tertiary/aromatic N) is 1. The molecule has 0 aliphatic rings. The number of hydrogen-bond acceptors (Lipinski definition) is 5. The largest absolute Gasteiger partial charge is 0.399 e. The van der Waals surface area contributed by atoms with Crippen LogP contribution in [-0.4, -0.2) is 57.4 Å². The molecule has 6 nitrogen and oxygen atoms in total. The van der Waals surface area contributed by atoms with E-state index in [0.29, 0.717) is 37.7 Å². The normalized spacial score (nSPS) is 12.6. The number of carbonyl (C=O) groups excluding carboxylic acids is 1. The molecule has 0 heterocycles. The lowest BCUT2D eigenvalue weighted by atomic mass is 10.0. The average molecular weight is 323 g/mol. The van der Waals surface area contributed by atoms with Crippen LogP contribution < -0.4 is 11.1 Å². The highest BCUT2D eigenvalue weighted by Crippen LogP contribution is 2.16. The maximum atomic E-state index is 12.8. The number of anilines is 2. The van der Waals surface area contributed by atoms with Gasteiger partial charge in [0.15, 0.2) is 0 Å². The molecular weight excluding hydrogens is 294 g/mol. The summed E-state index contributed by atoms with van der Waals surface area (Å²) in [6.45, 7) is 6.56. The number of methoxy groups -OCH3 is 2. The average Bonchev–Trinajstić information content (AvgIpc) is 2.49. The molecule has 1 amide bonds. The molecule has 0 radical (unpaired) electrons. The molecule has 130 valence electrons. The van der Waals surface area contributed by atoms with Gasteiger partial charge in [-0.1, -0.05) is 19.9 Å². The fraction of sp³-hybridized carbons (Fsp3) is 0.588. The molecule has 0 aliphatic carbocycles. The van der Waals surface area contributed by atoms with Crippen molar-refractivity contribution in [3.63, 3.8) is 0 Å². The van der Waals surface area contributed by atoms with Crippen molar-refractivity contribution in [2.75, 3.05) is 51.6 Å². The van der Waals surface area contributed by atoms with Gasteiger partial charge in [0.25, 0.3) is 0 Å². The summed E-state index contributed by atoms with van der Waals surface area (Å²) >= 11 is 0. The maximum Gasteiger partial charge on any atom is 0.241 e. The van der Waals surface area contributed by atoms with Crippen molar-refractivity contribution in [2.45, 2.75) is 19.9 Å². The van der Waals surface area contributed by atoms with Crippen LogP contribution in [0.3, 0.4) is 0 Å². The first-order valence-electron chi connectivity index (χ1n) is 7.88. The van der Waals surface area contributed by atoms with E-state index in [1.54, 1.807) is 26.4 Å². The smallest absolute Gasteiger partial charge is 0.241 e. The zero-order chi connectivity index (χ0) is 17.2.